The number of rotatable bonds is 7. The van der Waals surface area contributed by atoms with Crippen molar-refractivity contribution in [1.29, 1.82) is 0 Å². The number of urea groups is 1. The van der Waals surface area contributed by atoms with Gasteiger partial charge in [0, 0.05) is 23.9 Å². The Morgan fingerprint density at radius 3 is 2.04 bits per heavy atom. The maximum atomic E-state index is 12.5. The maximum absolute atomic E-state index is 12.5. The molecule has 0 aliphatic rings. The van der Waals surface area contributed by atoms with Gasteiger partial charge in [-0.2, -0.15) is 13.2 Å². The molecule has 146 valence electrons. The quantitative estimate of drug-likeness (QED) is 0.710. The Morgan fingerprint density at radius 1 is 0.963 bits per heavy atom. The van der Waals surface area contributed by atoms with Gasteiger partial charge in [-0.25, -0.2) is 4.79 Å². The van der Waals surface area contributed by atoms with E-state index >= 15 is 0 Å². The number of hydrogen-bond donors (Lipinski definition) is 2. The van der Waals surface area contributed by atoms with Gasteiger partial charge in [-0.05, 0) is 24.3 Å². The van der Waals surface area contributed by atoms with E-state index in [9.17, 15) is 18.0 Å². The van der Waals surface area contributed by atoms with Crippen molar-refractivity contribution in [1.82, 2.24) is 5.32 Å². The number of methoxy groups -OCH3 is 2. The Balaban J connectivity index is 1.78. The third kappa shape index (κ3) is 6.28. The van der Waals surface area contributed by atoms with Crippen molar-refractivity contribution >= 4 is 11.7 Å². The molecule has 0 atom stereocenters. The highest BCUT2D eigenvalue weighted by Gasteiger charge is 2.29. The van der Waals surface area contributed by atoms with E-state index in [-0.39, 0.29) is 18.8 Å². The van der Waals surface area contributed by atoms with Crippen LogP contribution in [0.3, 0.4) is 0 Å². The van der Waals surface area contributed by atoms with E-state index in [1.165, 1.54) is 26.4 Å². The molecule has 0 aliphatic heterocycles. The van der Waals surface area contributed by atoms with Gasteiger partial charge < -0.3 is 24.8 Å². The van der Waals surface area contributed by atoms with Crippen LogP contribution in [0.15, 0.2) is 42.5 Å². The molecule has 0 heterocycles. The monoisotopic (exact) mass is 384 g/mol. The molecule has 0 aromatic heterocycles. The minimum absolute atomic E-state index is 0.177. The van der Waals surface area contributed by atoms with Crippen LogP contribution in [0, 0.1) is 0 Å². The minimum atomic E-state index is -4.42. The molecule has 9 heteroatoms. The first-order valence-corrected chi connectivity index (χ1v) is 7.90. The van der Waals surface area contributed by atoms with Gasteiger partial charge >= 0.3 is 12.2 Å². The Bertz CT molecular complexity index is 742. The number of anilines is 1. The molecule has 2 aromatic rings. The van der Waals surface area contributed by atoms with E-state index in [4.69, 9.17) is 14.2 Å². The maximum Gasteiger partial charge on any atom is 0.416 e. The molecule has 0 spiro atoms. The lowest BCUT2D eigenvalue weighted by atomic mass is 10.2. The fourth-order valence-electron chi connectivity index (χ4n) is 2.12. The van der Waals surface area contributed by atoms with Crippen LogP contribution < -0.4 is 24.8 Å². The Kier molecular flexibility index (Phi) is 6.75. The number of amides is 2. The summed E-state index contributed by atoms with van der Waals surface area (Å²) >= 11 is 0. The average molecular weight is 384 g/mol. The zero-order chi connectivity index (χ0) is 19.9. The van der Waals surface area contributed by atoms with Crippen LogP contribution in [0.1, 0.15) is 5.56 Å². The standard InChI is InChI=1S/C18H19F3N2O4/c1-25-14-9-15(26-2)11-16(10-14)27-8-7-22-17(24)23-13-5-3-12(4-6-13)18(19,20)21/h3-6,9-11H,7-8H2,1-2H3,(H2,22,23,24). The third-order valence-corrected chi connectivity index (χ3v) is 3.45. The fourth-order valence-corrected chi connectivity index (χ4v) is 2.12. The molecular weight excluding hydrogens is 365 g/mol. The van der Waals surface area contributed by atoms with E-state index in [0.29, 0.717) is 17.2 Å². The van der Waals surface area contributed by atoms with Gasteiger partial charge in [0.1, 0.15) is 23.9 Å². The van der Waals surface area contributed by atoms with E-state index in [1.807, 2.05) is 0 Å². The molecule has 0 fully saturated rings. The lowest BCUT2D eigenvalue weighted by Gasteiger charge is -2.12. The first-order chi connectivity index (χ1) is 12.8. The smallest absolute Gasteiger partial charge is 0.416 e. The van der Waals surface area contributed by atoms with E-state index in [2.05, 4.69) is 10.6 Å². The van der Waals surface area contributed by atoms with Gasteiger partial charge in [0.15, 0.2) is 0 Å². The summed E-state index contributed by atoms with van der Waals surface area (Å²) in [6, 6.07) is 8.65. The molecule has 0 radical (unpaired) electrons. The Hall–Kier alpha value is -3.10. The summed E-state index contributed by atoms with van der Waals surface area (Å²) in [6.45, 7) is 0.364. The lowest BCUT2D eigenvalue weighted by Crippen LogP contribution is -2.32. The van der Waals surface area contributed by atoms with Crippen molar-refractivity contribution in [3.8, 4) is 17.2 Å². The van der Waals surface area contributed by atoms with Crippen LogP contribution in [0.4, 0.5) is 23.7 Å². The first kappa shape index (κ1) is 20.2. The summed E-state index contributed by atoms with van der Waals surface area (Å²) < 4.78 is 53.3. The van der Waals surface area contributed by atoms with Crippen LogP contribution in [-0.2, 0) is 6.18 Å². The molecule has 2 rings (SSSR count). The minimum Gasteiger partial charge on any atom is -0.496 e. The summed E-state index contributed by atoms with van der Waals surface area (Å²) in [5.41, 5.74) is -0.533. The number of halogens is 3. The third-order valence-electron chi connectivity index (χ3n) is 3.45. The summed E-state index contributed by atoms with van der Waals surface area (Å²) in [5, 5.41) is 4.99. The van der Waals surface area contributed by atoms with Crippen LogP contribution in [0.5, 0.6) is 17.2 Å². The van der Waals surface area contributed by atoms with Gasteiger partial charge in [0.2, 0.25) is 0 Å². The van der Waals surface area contributed by atoms with Gasteiger partial charge in [-0.1, -0.05) is 0 Å². The topological polar surface area (TPSA) is 68.8 Å². The van der Waals surface area contributed by atoms with Gasteiger partial charge in [-0.15, -0.1) is 0 Å². The number of carbonyl (C=O) groups excluding carboxylic acids is 1. The number of ether oxygens (including phenoxy) is 3. The Morgan fingerprint density at radius 2 is 1.52 bits per heavy atom. The summed E-state index contributed by atoms with van der Waals surface area (Å²) in [6.07, 6.45) is -4.42. The van der Waals surface area contributed by atoms with E-state index in [1.54, 1.807) is 18.2 Å². The molecular formula is C18H19F3N2O4. The summed E-state index contributed by atoms with van der Waals surface area (Å²) in [4.78, 5) is 11.8. The highest BCUT2D eigenvalue weighted by molar-refractivity contribution is 5.89. The summed E-state index contributed by atoms with van der Waals surface area (Å²) in [7, 11) is 3.04. The predicted molar refractivity (Wildman–Crippen MR) is 93.5 cm³/mol. The van der Waals surface area contributed by atoms with Gasteiger partial charge in [0.25, 0.3) is 0 Å². The molecule has 0 unspecified atom stereocenters. The fraction of sp³-hybridized carbons (Fsp3) is 0.278. The number of benzene rings is 2. The highest BCUT2D eigenvalue weighted by Crippen LogP contribution is 2.30. The van der Waals surface area contributed by atoms with Crippen molar-refractivity contribution in [2.45, 2.75) is 6.18 Å². The number of carbonyl (C=O) groups is 1. The largest absolute Gasteiger partial charge is 0.496 e. The van der Waals surface area contributed by atoms with Crippen molar-refractivity contribution in [2.24, 2.45) is 0 Å². The average Bonchev–Trinajstić information content (AvgIpc) is 2.64. The normalized spacial score (nSPS) is 10.9. The van der Waals surface area contributed by atoms with Crippen LogP contribution in [-0.4, -0.2) is 33.4 Å². The molecule has 0 saturated heterocycles. The second kappa shape index (κ2) is 9.02. The number of hydrogen-bond acceptors (Lipinski definition) is 4. The predicted octanol–water partition coefficient (Wildman–Crippen LogP) is 3.92. The van der Waals surface area contributed by atoms with Crippen molar-refractivity contribution in [3.05, 3.63) is 48.0 Å². The highest BCUT2D eigenvalue weighted by atomic mass is 19.4. The van der Waals surface area contributed by atoms with E-state index in [0.717, 1.165) is 12.1 Å². The summed E-state index contributed by atoms with van der Waals surface area (Å²) in [5.74, 6) is 1.64. The first-order valence-electron chi connectivity index (χ1n) is 7.90. The lowest BCUT2D eigenvalue weighted by molar-refractivity contribution is -0.137. The molecule has 0 saturated carbocycles. The Labute approximate surface area is 154 Å². The van der Waals surface area contributed by atoms with Crippen LogP contribution >= 0.6 is 0 Å². The SMILES string of the molecule is COc1cc(OC)cc(OCCNC(=O)Nc2ccc(C(F)(F)F)cc2)c1. The molecule has 0 bridgehead atoms. The van der Waals surface area contributed by atoms with Crippen molar-refractivity contribution < 1.29 is 32.2 Å². The van der Waals surface area contributed by atoms with Crippen molar-refractivity contribution in [3.63, 3.8) is 0 Å². The van der Waals surface area contributed by atoms with Gasteiger partial charge in [0.05, 0.1) is 26.3 Å². The second-order valence-corrected chi connectivity index (χ2v) is 5.35. The van der Waals surface area contributed by atoms with Gasteiger partial charge in [-0.3, -0.25) is 0 Å². The zero-order valence-electron chi connectivity index (χ0n) is 14.7. The van der Waals surface area contributed by atoms with Crippen LogP contribution in [0.2, 0.25) is 0 Å². The molecule has 6 nitrogen and oxygen atoms in total. The van der Waals surface area contributed by atoms with Crippen LogP contribution in [0.25, 0.3) is 0 Å². The second-order valence-electron chi connectivity index (χ2n) is 5.35. The number of alkyl halides is 3. The molecule has 0 aliphatic carbocycles. The number of nitrogens with one attached hydrogen (secondary N) is 2. The molecule has 2 N–H and O–H groups in total. The molecule has 2 amide bonds. The molecule has 2 aromatic carbocycles. The van der Waals surface area contributed by atoms with E-state index < -0.39 is 17.8 Å². The van der Waals surface area contributed by atoms with Crippen molar-refractivity contribution in [2.75, 3.05) is 32.7 Å². The molecule has 27 heavy (non-hydrogen) atoms. The zero-order valence-corrected chi connectivity index (χ0v) is 14.7.